The van der Waals surface area contributed by atoms with Gasteiger partial charge >= 0.3 is 17.9 Å². The summed E-state index contributed by atoms with van der Waals surface area (Å²) in [7, 11) is 5.49. The van der Waals surface area contributed by atoms with Crippen molar-refractivity contribution in [2.75, 3.05) is 41.0 Å². The number of carboxylic acid groups (broad SMARTS) is 1. The SMILES string of the molecule is CC/C=C/C/C=C/C/C=C/C/C=C/C/C=C/CCC(=O)OC(COCCC(C(=O)O)[N+](C)(C)C)COC(=O)CCCCCCCCCCC/C=C/C/C=C/C/C=C/C/C=C/CC. The highest BCUT2D eigenvalue weighted by molar-refractivity contribution is 5.72. The molecule has 0 spiro atoms. The van der Waals surface area contributed by atoms with Crippen LogP contribution in [0.2, 0.25) is 0 Å². The molecule has 8 heteroatoms. The number of quaternary nitrogens is 1. The minimum Gasteiger partial charge on any atom is -0.477 e. The second-order valence-electron chi connectivity index (χ2n) is 16.6. The molecular weight excluding hydrogens is 775 g/mol. The fraction of sp³-hybridized carbons (Fsp3) is 0.611. The Balaban J connectivity index is 4.38. The van der Waals surface area contributed by atoms with Gasteiger partial charge in [0.25, 0.3) is 0 Å². The predicted octanol–water partition coefficient (Wildman–Crippen LogP) is 13.6. The summed E-state index contributed by atoms with van der Waals surface area (Å²) in [4.78, 5) is 37.1. The van der Waals surface area contributed by atoms with Crippen molar-refractivity contribution >= 4 is 17.9 Å². The maximum Gasteiger partial charge on any atom is 0.362 e. The first-order valence-electron chi connectivity index (χ1n) is 23.9. The molecule has 0 aliphatic rings. The van der Waals surface area contributed by atoms with Crippen molar-refractivity contribution in [3.8, 4) is 0 Å². The average molecular weight is 863 g/mol. The molecule has 62 heavy (non-hydrogen) atoms. The van der Waals surface area contributed by atoms with Gasteiger partial charge in [-0.3, -0.25) is 9.59 Å². The van der Waals surface area contributed by atoms with Gasteiger partial charge in [0.05, 0.1) is 34.4 Å². The third-order valence-corrected chi connectivity index (χ3v) is 9.93. The second kappa shape index (κ2) is 43.6. The molecule has 0 saturated heterocycles. The van der Waals surface area contributed by atoms with Gasteiger partial charge in [0.1, 0.15) is 6.61 Å². The van der Waals surface area contributed by atoms with E-state index in [9.17, 15) is 19.5 Å². The van der Waals surface area contributed by atoms with E-state index in [-0.39, 0.29) is 36.7 Å². The van der Waals surface area contributed by atoms with E-state index < -0.39 is 24.1 Å². The highest BCUT2D eigenvalue weighted by Crippen LogP contribution is 2.13. The summed E-state index contributed by atoms with van der Waals surface area (Å²) in [5.74, 6) is -1.60. The fourth-order valence-corrected chi connectivity index (χ4v) is 6.31. The molecule has 0 saturated carbocycles. The second-order valence-corrected chi connectivity index (χ2v) is 16.6. The molecule has 2 atom stereocenters. The van der Waals surface area contributed by atoms with Gasteiger partial charge in [0.15, 0.2) is 12.1 Å². The number of nitrogens with zero attached hydrogens (tertiary/aromatic N) is 1. The number of unbranched alkanes of at least 4 members (excludes halogenated alkanes) is 9. The first-order valence-corrected chi connectivity index (χ1v) is 23.9. The van der Waals surface area contributed by atoms with Crippen LogP contribution in [0, 0.1) is 0 Å². The molecule has 0 aliphatic carbocycles. The van der Waals surface area contributed by atoms with E-state index in [1.165, 1.54) is 38.5 Å². The van der Waals surface area contributed by atoms with Crippen LogP contribution < -0.4 is 0 Å². The molecule has 1 N–H and O–H groups in total. The monoisotopic (exact) mass is 863 g/mol. The van der Waals surface area contributed by atoms with Crippen LogP contribution >= 0.6 is 0 Å². The quantitative estimate of drug-likeness (QED) is 0.0283. The van der Waals surface area contributed by atoms with Crippen molar-refractivity contribution in [1.82, 2.24) is 0 Å². The Labute approximate surface area is 378 Å². The molecule has 0 radical (unpaired) electrons. The van der Waals surface area contributed by atoms with E-state index in [0.717, 1.165) is 83.5 Å². The van der Waals surface area contributed by atoms with Crippen LogP contribution in [0.25, 0.3) is 0 Å². The van der Waals surface area contributed by atoms with Gasteiger partial charge in [-0.2, -0.15) is 0 Å². The Bertz CT molecular complexity index is 1370. The third kappa shape index (κ3) is 41.3. The molecule has 0 bridgehead atoms. The first-order chi connectivity index (χ1) is 30.1. The number of aliphatic carboxylic acids is 1. The van der Waals surface area contributed by atoms with Gasteiger partial charge in [0.2, 0.25) is 0 Å². The molecule has 0 aromatic heterocycles. The van der Waals surface area contributed by atoms with Crippen molar-refractivity contribution in [2.45, 2.75) is 174 Å². The molecule has 8 nitrogen and oxygen atoms in total. The molecule has 0 amide bonds. The minimum atomic E-state index is -0.891. The lowest BCUT2D eigenvalue weighted by Crippen LogP contribution is -2.50. The number of carbonyl (C=O) groups excluding carboxylic acids is 2. The molecule has 0 heterocycles. The Hall–Kier alpha value is -4.01. The lowest BCUT2D eigenvalue weighted by Gasteiger charge is -2.31. The van der Waals surface area contributed by atoms with Crippen LogP contribution in [0.3, 0.4) is 0 Å². The van der Waals surface area contributed by atoms with Gasteiger partial charge in [-0.1, -0.05) is 168 Å². The normalized spacial score (nSPS) is 13.9. The molecule has 0 aromatic rings. The Morgan fingerprint density at radius 3 is 1.32 bits per heavy atom. The van der Waals surface area contributed by atoms with Gasteiger partial charge in [-0.25, -0.2) is 4.79 Å². The summed E-state index contributed by atoms with van der Waals surface area (Å²) >= 11 is 0. The van der Waals surface area contributed by atoms with E-state index >= 15 is 0 Å². The number of carboxylic acids is 1. The maximum atomic E-state index is 12.7. The Morgan fingerprint density at radius 2 is 0.887 bits per heavy atom. The zero-order valence-electron chi connectivity index (χ0n) is 39.8. The summed E-state index contributed by atoms with van der Waals surface area (Å²) < 4.78 is 17.2. The summed E-state index contributed by atoms with van der Waals surface area (Å²) in [6.07, 6.45) is 60.1. The zero-order chi connectivity index (χ0) is 45.6. The van der Waals surface area contributed by atoms with Crippen LogP contribution in [0.4, 0.5) is 0 Å². The van der Waals surface area contributed by atoms with Crippen LogP contribution in [0.1, 0.15) is 162 Å². The lowest BCUT2D eigenvalue weighted by molar-refractivity contribution is -0.887. The van der Waals surface area contributed by atoms with Crippen LogP contribution in [0.5, 0.6) is 0 Å². The van der Waals surface area contributed by atoms with Gasteiger partial charge in [-0.15, -0.1) is 0 Å². The molecule has 0 aliphatic heterocycles. The summed E-state index contributed by atoms with van der Waals surface area (Å²) in [6.45, 7) is 4.41. The number of hydrogen-bond acceptors (Lipinski definition) is 6. The first kappa shape index (κ1) is 58.0. The van der Waals surface area contributed by atoms with Gasteiger partial charge in [0, 0.05) is 19.3 Å². The number of allylic oxidation sites excluding steroid dienone is 18. The number of ether oxygens (including phenoxy) is 3. The predicted molar refractivity (Wildman–Crippen MR) is 261 cm³/mol. The van der Waals surface area contributed by atoms with E-state index in [2.05, 4.69) is 111 Å². The van der Waals surface area contributed by atoms with E-state index in [0.29, 0.717) is 19.3 Å². The van der Waals surface area contributed by atoms with Crippen LogP contribution in [0.15, 0.2) is 109 Å². The molecule has 0 aromatic carbocycles. The lowest BCUT2D eigenvalue weighted by atomic mass is 10.1. The third-order valence-electron chi connectivity index (χ3n) is 9.93. The van der Waals surface area contributed by atoms with E-state index in [1.807, 2.05) is 33.3 Å². The van der Waals surface area contributed by atoms with Crippen molar-refractivity contribution in [2.24, 2.45) is 0 Å². The van der Waals surface area contributed by atoms with Crippen molar-refractivity contribution < 1.29 is 38.2 Å². The molecular formula is C54H88NO7+. The largest absolute Gasteiger partial charge is 0.477 e. The minimum absolute atomic E-state index is 0.0224. The van der Waals surface area contributed by atoms with Gasteiger partial charge in [-0.05, 0) is 83.5 Å². The van der Waals surface area contributed by atoms with E-state index in [1.54, 1.807) is 0 Å². The zero-order valence-corrected chi connectivity index (χ0v) is 39.8. The Morgan fingerprint density at radius 1 is 0.484 bits per heavy atom. The number of likely N-dealkylation sites (N-methyl/N-ethyl adjacent to an activating group) is 1. The molecule has 350 valence electrons. The summed E-state index contributed by atoms with van der Waals surface area (Å²) in [6, 6.07) is -0.635. The number of esters is 2. The number of hydrogen-bond donors (Lipinski definition) is 1. The maximum absolute atomic E-state index is 12.7. The summed E-state index contributed by atoms with van der Waals surface area (Å²) in [5, 5.41) is 9.64. The van der Waals surface area contributed by atoms with Crippen LogP contribution in [-0.4, -0.2) is 80.6 Å². The molecule has 0 fully saturated rings. The molecule has 0 rings (SSSR count). The summed E-state index contributed by atoms with van der Waals surface area (Å²) in [5.41, 5.74) is 0. The highest BCUT2D eigenvalue weighted by atomic mass is 16.6. The van der Waals surface area contributed by atoms with Crippen LogP contribution in [-0.2, 0) is 28.6 Å². The number of rotatable bonds is 41. The molecule has 2 unspecified atom stereocenters. The van der Waals surface area contributed by atoms with E-state index in [4.69, 9.17) is 14.2 Å². The standard InChI is InChI=1S/C54H87NO7/c1-6-8-10-12-14-16-18-20-22-24-25-26-27-28-29-31-32-34-36-38-40-42-44-52(56)61-49-50(48-60-47-46-51(54(58)59)55(3,4)5)62-53(57)45-43-41-39-37-35-33-30-23-21-19-17-15-13-11-9-7-2/h8-11,14-17,20-23,25-26,33,35,39,41,50-51H,6-7,12-13,18-19,24,27-32,34,36-38,40,42-49H2,1-5H3/p+1/b10-8+,11-9+,16-14+,17-15+,22-20+,23-21+,26-25+,35-33+,41-39+. The highest BCUT2D eigenvalue weighted by Gasteiger charge is 2.31. The fourth-order valence-electron chi connectivity index (χ4n) is 6.31. The topological polar surface area (TPSA) is 99.1 Å². The van der Waals surface area contributed by atoms with Crippen molar-refractivity contribution in [3.05, 3.63) is 109 Å². The Kier molecular flexibility index (Phi) is 40.8. The van der Waals surface area contributed by atoms with Gasteiger partial charge < -0.3 is 23.8 Å². The number of carbonyl (C=O) groups is 3. The average Bonchev–Trinajstić information content (AvgIpc) is 3.23. The van der Waals surface area contributed by atoms with Crippen molar-refractivity contribution in [3.63, 3.8) is 0 Å². The smallest absolute Gasteiger partial charge is 0.362 e. The van der Waals surface area contributed by atoms with Crippen molar-refractivity contribution in [1.29, 1.82) is 0 Å².